The summed E-state index contributed by atoms with van der Waals surface area (Å²) >= 11 is 0. The normalized spacial score (nSPS) is 28.4. The number of anilines is 3. The van der Waals surface area contributed by atoms with Crippen LogP contribution in [-0.2, 0) is 10.8 Å². The number of hydrogen-bond donors (Lipinski definition) is 0. The Labute approximate surface area is 343 Å². The van der Waals surface area contributed by atoms with Crippen LogP contribution in [0.15, 0.2) is 133 Å². The highest BCUT2D eigenvalue weighted by Gasteiger charge is 2.51. The van der Waals surface area contributed by atoms with Gasteiger partial charge in [-0.3, -0.25) is 0 Å². The quantitative estimate of drug-likeness (QED) is 0.164. The van der Waals surface area contributed by atoms with E-state index in [0.717, 1.165) is 35.5 Å². The molecule has 2 nitrogen and oxygen atoms in total. The maximum Gasteiger partial charge on any atom is 0.0547 e. The standard InChI is InChI=1S/C56H54N2/c1-55(2)49-24-25-52-54(47-10-6-7-11-51(47)58(52)42-8-4-3-5-9-42)53(49)46-23-22-45(31-50(46)55)57(43-18-14-39(15-19-43)48-30-35-12-13-40(48)29-35)44-20-16-41(17-21-44)56-32-36-26-37(33-56)28-38(27-36)34-56/h3-11,14-25,31,35-38,40,48H,12-13,26-30,32-34H2,1-2H3. The molecule has 288 valence electrons. The Hall–Kier alpha value is -5.08. The zero-order valence-electron chi connectivity index (χ0n) is 34.1. The van der Waals surface area contributed by atoms with Gasteiger partial charge in [0.25, 0.3) is 0 Å². The predicted octanol–water partition coefficient (Wildman–Crippen LogP) is 14.9. The van der Waals surface area contributed by atoms with Crippen molar-refractivity contribution >= 4 is 38.9 Å². The molecule has 0 radical (unpaired) electrons. The highest BCUT2D eigenvalue weighted by molar-refractivity contribution is 6.18. The molecule has 0 aliphatic heterocycles. The van der Waals surface area contributed by atoms with Crippen LogP contribution < -0.4 is 4.90 Å². The maximum absolute atomic E-state index is 2.56. The van der Waals surface area contributed by atoms with Crippen molar-refractivity contribution in [2.45, 2.75) is 94.8 Å². The molecule has 14 rings (SSSR count). The second kappa shape index (κ2) is 12.2. The predicted molar refractivity (Wildman–Crippen MR) is 241 cm³/mol. The van der Waals surface area contributed by atoms with Crippen molar-refractivity contribution in [2.24, 2.45) is 29.6 Å². The van der Waals surface area contributed by atoms with Gasteiger partial charge in [0.15, 0.2) is 0 Å². The van der Waals surface area contributed by atoms with E-state index in [9.17, 15) is 0 Å². The zero-order chi connectivity index (χ0) is 38.3. The first-order chi connectivity index (χ1) is 28.4. The fourth-order valence-electron chi connectivity index (χ4n) is 14.7. The average Bonchev–Trinajstić information content (AvgIpc) is 4.02. The topological polar surface area (TPSA) is 8.17 Å². The third-order valence-electron chi connectivity index (χ3n) is 16.8. The Morgan fingerprint density at radius 1 is 0.552 bits per heavy atom. The van der Waals surface area contributed by atoms with E-state index in [-0.39, 0.29) is 5.41 Å². The fraction of sp³-hybridized carbons (Fsp3) is 0.357. The van der Waals surface area contributed by atoms with E-state index in [4.69, 9.17) is 0 Å². The fourth-order valence-corrected chi connectivity index (χ4v) is 14.7. The van der Waals surface area contributed by atoms with Gasteiger partial charge < -0.3 is 9.47 Å². The van der Waals surface area contributed by atoms with Crippen LogP contribution in [0.2, 0.25) is 0 Å². The van der Waals surface area contributed by atoms with Crippen molar-refractivity contribution in [3.05, 3.63) is 156 Å². The van der Waals surface area contributed by atoms with Crippen LogP contribution >= 0.6 is 0 Å². The third kappa shape index (κ3) is 4.84. The Morgan fingerprint density at radius 3 is 1.91 bits per heavy atom. The number of para-hydroxylation sites is 2. The molecule has 7 aromatic rings. The van der Waals surface area contributed by atoms with Crippen molar-refractivity contribution in [3.8, 4) is 16.8 Å². The van der Waals surface area contributed by atoms with Gasteiger partial charge in [0.1, 0.15) is 0 Å². The van der Waals surface area contributed by atoms with Crippen molar-refractivity contribution in [3.63, 3.8) is 0 Å². The lowest BCUT2D eigenvalue weighted by Gasteiger charge is -2.57. The molecule has 0 amide bonds. The molecule has 3 atom stereocenters. The summed E-state index contributed by atoms with van der Waals surface area (Å²) in [6.07, 6.45) is 14.4. The third-order valence-corrected chi connectivity index (χ3v) is 16.8. The van der Waals surface area contributed by atoms with Crippen molar-refractivity contribution in [1.82, 2.24) is 4.57 Å². The molecule has 7 aliphatic rings. The molecule has 58 heavy (non-hydrogen) atoms. The molecule has 3 unspecified atom stereocenters. The van der Waals surface area contributed by atoms with Gasteiger partial charge in [0.05, 0.1) is 11.0 Å². The molecule has 0 spiro atoms. The lowest BCUT2D eigenvalue weighted by molar-refractivity contribution is -0.00518. The highest BCUT2D eigenvalue weighted by Crippen LogP contribution is 2.61. The van der Waals surface area contributed by atoms with Gasteiger partial charge in [-0.15, -0.1) is 0 Å². The monoisotopic (exact) mass is 754 g/mol. The SMILES string of the molecule is CC1(C)c2cc(N(c3ccc(C4CC5CCC4C5)cc3)c3ccc(C45CC6CC(CC(C6)C4)C5)cc3)ccc2-c2c1ccc1c2c2ccccc2n1-c1ccccc1. The molecule has 7 aliphatic carbocycles. The first-order valence-electron chi connectivity index (χ1n) is 22.7. The van der Waals surface area contributed by atoms with Crippen LogP contribution in [0, 0.1) is 29.6 Å². The summed E-state index contributed by atoms with van der Waals surface area (Å²) in [5, 5.41) is 2.69. The molecule has 6 bridgehead atoms. The van der Waals surface area contributed by atoms with Crippen molar-refractivity contribution < 1.29 is 0 Å². The Kier molecular flexibility index (Phi) is 7.14. The van der Waals surface area contributed by atoms with Crippen LogP contribution in [0.25, 0.3) is 38.6 Å². The van der Waals surface area contributed by atoms with Crippen molar-refractivity contribution in [2.75, 3.05) is 4.90 Å². The minimum atomic E-state index is -0.148. The molecule has 6 aromatic carbocycles. The van der Waals surface area contributed by atoms with Gasteiger partial charge in [-0.2, -0.15) is 0 Å². The largest absolute Gasteiger partial charge is 0.310 e. The molecular weight excluding hydrogens is 701 g/mol. The summed E-state index contributed by atoms with van der Waals surface area (Å²) in [5.74, 6) is 5.43. The number of fused-ring (bicyclic) bond motifs is 9. The molecule has 6 fully saturated rings. The molecule has 0 saturated heterocycles. The van der Waals surface area contributed by atoms with E-state index >= 15 is 0 Å². The van der Waals surface area contributed by atoms with E-state index in [1.165, 1.54) is 131 Å². The summed E-state index contributed by atoms with van der Waals surface area (Å²) in [5.41, 5.74) is 16.5. The summed E-state index contributed by atoms with van der Waals surface area (Å²) in [4.78, 5) is 2.56. The molecule has 6 saturated carbocycles. The number of hydrogen-bond acceptors (Lipinski definition) is 1. The van der Waals surface area contributed by atoms with Crippen molar-refractivity contribution in [1.29, 1.82) is 0 Å². The Morgan fingerprint density at radius 2 is 1.22 bits per heavy atom. The molecule has 2 heteroatoms. The molecule has 1 aromatic heterocycles. The van der Waals surface area contributed by atoms with E-state index in [1.54, 1.807) is 11.1 Å². The maximum atomic E-state index is 2.56. The van der Waals surface area contributed by atoms with Gasteiger partial charge in [-0.05, 0) is 193 Å². The number of benzene rings is 6. The Balaban J connectivity index is 0.943. The number of rotatable bonds is 6. The minimum absolute atomic E-state index is 0.148. The minimum Gasteiger partial charge on any atom is -0.310 e. The van der Waals surface area contributed by atoms with E-state index in [1.807, 2.05) is 0 Å². The zero-order valence-corrected chi connectivity index (χ0v) is 34.1. The van der Waals surface area contributed by atoms with E-state index in [2.05, 4.69) is 157 Å². The first kappa shape index (κ1) is 33.8. The van der Waals surface area contributed by atoms with Gasteiger partial charge in [-0.25, -0.2) is 0 Å². The lowest BCUT2D eigenvalue weighted by Crippen LogP contribution is -2.48. The molecule has 1 heterocycles. The van der Waals surface area contributed by atoms with E-state index < -0.39 is 0 Å². The number of aromatic nitrogens is 1. The second-order valence-corrected chi connectivity index (χ2v) is 20.4. The van der Waals surface area contributed by atoms with Gasteiger partial charge in [0.2, 0.25) is 0 Å². The summed E-state index contributed by atoms with van der Waals surface area (Å²) < 4.78 is 2.46. The van der Waals surface area contributed by atoms with Gasteiger partial charge >= 0.3 is 0 Å². The Bertz CT molecular complexity index is 2710. The summed E-state index contributed by atoms with van der Waals surface area (Å²) in [6.45, 7) is 4.89. The summed E-state index contributed by atoms with van der Waals surface area (Å²) in [7, 11) is 0. The van der Waals surface area contributed by atoms with Crippen LogP contribution in [0.1, 0.15) is 106 Å². The van der Waals surface area contributed by atoms with Crippen LogP contribution in [0.3, 0.4) is 0 Å². The lowest BCUT2D eigenvalue weighted by atomic mass is 9.48. The van der Waals surface area contributed by atoms with E-state index in [0.29, 0.717) is 5.41 Å². The second-order valence-electron chi connectivity index (χ2n) is 20.4. The van der Waals surface area contributed by atoms with Crippen LogP contribution in [-0.4, -0.2) is 4.57 Å². The highest BCUT2D eigenvalue weighted by atomic mass is 15.1. The van der Waals surface area contributed by atoms with Gasteiger partial charge in [-0.1, -0.05) is 93.1 Å². The van der Waals surface area contributed by atoms with Crippen LogP contribution in [0.4, 0.5) is 17.1 Å². The van der Waals surface area contributed by atoms with Crippen LogP contribution in [0.5, 0.6) is 0 Å². The van der Waals surface area contributed by atoms with Gasteiger partial charge in [0, 0.05) is 38.9 Å². The smallest absolute Gasteiger partial charge is 0.0547 e. The summed E-state index contributed by atoms with van der Waals surface area (Å²) in [6, 6.07) is 51.9. The average molecular weight is 755 g/mol. The molecule has 0 N–H and O–H groups in total. The first-order valence-corrected chi connectivity index (χ1v) is 22.7. The molecular formula is C56H54N2. The number of nitrogens with zero attached hydrogens (tertiary/aromatic N) is 2.